The number of nitrogens with zero attached hydrogens (tertiary/aromatic N) is 1. The van der Waals surface area contributed by atoms with Crippen LogP contribution in [0, 0.1) is 5.82 Å². The molecule has 18 heavy (non-hydrogen) atoms. The lowest BCUT2D eigenvalue weighted by atomic mass is 10.2. The molecule has 0 aliphatic carbocycles. The summed E-state index contributed by atoms with van der Waals surface area (Å²) in [5.74, 6) is -0.609. The number of rotatable bonds is 3. The number of nitrogens with one attached hydrogen (secondary N) is 1. The Morgan fingerprint density at radius 2 is 2.06 bits per heavy atom. The second kappa shape index (κ2) is 5.93. The molecule has 0 spiro atoms. The van der Waals surface area contributed by atoms with Crippen molar-refractivity contribution in [1.29, 1.82) is 0 Å². The van der Waals surface area contributed by atoms with E-state index in [0.29, 0.717) is 13.2 Å². The van der Waals surface area contributed by atoms with Gasteiger partial charge in [-0.3, -0.25) is 9.69 Å². The van der Waals surface area contributed by atoms with E-state index in [-0.39, 0.29) is 17.6 Å². The molecule has 0 aromatic heterocycles. The summed E-state index contributed by atoms with van der Waals surface area (Å²) in [6, 6.07) is 5.89. The normalized spacial score (nSPS) is 18.3. The minimum absolute atomic E-state index is 0.193. The van der Waals surface area contributed by atoms with Gasteiger partial charge in [-0.25, -0.2) is 4.39 Å². The van der Waals surface area contributed by atoms with Crippen LogP contribution in [0.4, 0.5) is 10.1 Å². The molecule has 1 aliphatic rings. The number of carbonyl (C=O) groups is 1. The Hall–Kier alpha value is -1.46. The maximum Gasteiger partial charge on any atom is 0.241 e. The van der Waals surface area contributed by atoms with Crippen molar-refractivity contribution in [2.45, 2.75) is 13.0 Å². The molecule has 1 fully saturated rings. The molecule has 1 N–H and O–H groups in total. The van der Waals surface area contributed by atoms with Crippen molar-refractivity contribution in [3.05, 3.63) is 30.1 Å². The van der Waals surface area contributed by atoms with Gasteiger partial charge >= 0.3 is 0 Å². The molecule has 1 saturated heterocycles. The maximum absolute atomic E-state index is 13.4. The topological polar surface area (TPSA) is 41.6 Å². The van der Waals surface area contributed by atoms with Crippen molar-refractivity contribution in [3.8, 4) is 0 Å². The van der Waals surface area contributed by atoms with Gasteiger partial charge in [-0.1, -0.05) is 12.1 Å². The predicted octanol–water partition coefficient (Wildman–Crippen LogP) is 1.48. The number of halogens is 1. The molecule has 1 aromatic rings. The van der Waals surface area contributed by atoms with Crippen LogP contribution in [0.2, 0.25) is 0 Å². The first kappa shape index (κ1) is 13.0. The molecule has 2 rings (SSSR count). The van der Waals surface area contributed by atoms with Gasteiger partial charge in [-0.2, -0.15) is 0 Å². The predicted molar refractivity (Wildman–Crippen MR) is 66.9 cm³/mol. The second-order valence-electron chi connectivity index (χ2n) is 4.29. The van der Waals surface area contributed by atoms with Crippen LogP contribution in [-0.4, -0.2) is 43.2 Å². The Labute approximate surface area is 106 Å². The van der Waals surface area contributed by atoms with E-state index in [1.807, 2.05) is 11.8 Å². The van der Waals surface area contributed by atoms with Crippen LogP contribution in [0.3, 0.4) is 0 Å². The fourth-order valence-corrected chi connectivity index (χ4v) is 1.93. The lowest BCUT2D eigenvalue weighted by Gasteiger charge is -2.31. The van der Waals surface area contributed by atoms with Gasteiger partial charge in [0.05, 0.1) is 24.9 Å². The van der Waals surface area contributed by atoms with Crippen LogP contribution >= 0.6 is 0 Å². The van der Waals surface area contributed by atoms with E-state index < -0.39 is 5.82 Å². The van der Waals surface area contributed by atoms with Crippen molar-refractivity contribution < 1.29 is 13.9 Å². The molecule has 0 radical (unpaired) electrons. The number of hydrogen-bond acceptors (Lipinski definition) is 3. The Kier molecular flexibility index (Phi) is 4.28. The summed E-state index contributed by atoms with van der Waals surface area (Å²) in [6.45, 7) is 4.55. The number of carbonyl (C=O) groups excluding carboxylic acids is 1. The van der Waals surface area contributed by atoms with Crippen LogP contribution in [-0.2, 0) is 9.53 Å². The van der Waals surface area contributed by atoms with Crippen molar-refractivity contribution in [1.82, 2.24) is 4.90 Å². The van der Waals surface area contributed by atoms with Crippen molar-refractivity contribution in [3.63, 3.8) is 0 Å². The maximum atomic E-state index is 13.4. The van der Waals surface area contributed by atoms with Crippen LogP contribution < -0.4 is 5.32 Å². The minimum Gasteiger partial charge on any atom is -0.379 e. The van der Waals surface area contributed by atoms with Crippen molar-refractivity contribution in [2.75, 3.05) is 31.6 Å². The number of morpholine rings is 1. The average molecular weight is 252 g/mol. The van der Waals surface area contributed by atoms with Gasteiger partial charge in [-0.05, 0) is 19.1 Å². The molecule has 1 aliphatic heterocycles. The fourth-order valence-electron chi connectivity index (χ4n) is 1.93. The lowest BCUT2D eigenvalue weighted by molar-refractivity contribution is -0.122. The largest absolute Gasteiger partial charge is 0.379 e. The molecule has 5 heteroatoms. The molecule has 1 atom stereocenters. The van der Waals surface area contributed by atoms with Gasteiger partial charge in [0.15, 0.2) is 0 Å². The van der Waals surface area contributed by atoms with E-state index in [1.165, 1.54) is 6.07 Å². The van der Waals surface area contributed by atoms with E-state index in [9.17, 15) is 9.18 Å². The Bertz CT molecular complexity index is 419. The van der Waals surface area contributed by atoms with Gasteiger partial charge in [0.25, 0.3) is 0 Å². The molecule has 4 nitrogen and oxygen atoms in total. The summed E-state index contributed by atoms with van der Waals surface area (Å²) in [6.07, 6.45) is 0. The average Bonchev–Trinajstić information content (AvgIpc) is 2.41. The highest BCUT2D eigenvalue weighted by Crippen LogP contribution is 2.14. The van der Waals surface area contributed by atoms with Crippen LogP contribution in [0.25, 0.3) is 0 Å². The fraction of sp³-hybridized carbons (Fsp3) is 0.462. The Balaban J connectivity index is 1.97. The van der Waals surface area contributed by atoms with Crippen LogP contribution in [0.5, 0.6) is 0 Å². The van der Waals surface area contributed by atoms with Crippen LogP contribution in [0.1, 0.15) is 6.92 Å². The molecule has 0 saturated carbocycles. The molecule has 1 heterocycles. The van der Waals surface area contributed by atoms with Crippen LogP contribution in [0.15, 0.2) is 24.3 Å². The highest BCUT2D eigenvalue weighted by molar-refractivity contribution is 5.94. The Morgan fingerprint density at radius 3 is 2.72 bits per heavy atom. The van der Waals surface area contributed by atoms with E-state index in [1.54, 1.807) is 18.2 Å². The lowest BCUT2D eigenvalue weighted by Crippen LogP contribution is -2.47. The number of benzene rings is 1. The first-order valence-corrected chi connectivity index (χ1v) is 6.05. The third-order valence-electron chi connectivity index (χ3n) is 3.10. The zero-order valence-electron chi connectivity index (χ0n) is 10.4. The van der Waals surface area contributed by atoms with Gasteiger partial charge in [0.1, 0.15) is 5.82 Å². The number of amides is 1. The standard InChI is InChI=1S/C13H17FN2O2/c1-10(16-6-8-18-9-7-16)13(17)15-12-5-3-2-4-11(12)14/h2-5,10H,6-9H2,1H3,(H,15,17). The molecular formula is C13H17FN2O2. The molecule has 98 valence electrons. The van der Waals surface area contributed by atoms with Gasteiger partial charge in [0, 0.05) is 13.1 Å². The first-order chi connectivity index (χ1) is 8.68. The van der Waals surface area contributed by atoms with Gasteiger partial charge in [0.2, 0.25) is 5.91 Å². The van der Waals surface area contributed by atoms with Gasteiger partial charge in [-0.15, -0.1) is 0 Å². The molecule has 0 bridgehead atoms. The Morgan fingerprint density at radius 1 is 1.39 bits per heavy atom. The highest BCUT2D eigenvalue weighted by Gasteiger charge is 2.23. The molecule has 1 amide bonds. The first-order valence-electron chi connectivity index (χ1n) is 6.05. The van der Waals surface area contributed by atoms with E-state index in [0.717, 1.165) is 13.1 Å². The third-order valence-corrected chi connectivity index (χ3v) is 3.10. The summed E-state index contributed by atoms with van der Waals surface area (Å²) in [5, 5.41) is 2.61. The molecule has 1 unspecified atom stereocenters. The monoisotopic (exact) mass is 252 g/mol. The SMILES string of the molecule is CC(C(=O)Nc1ccccc1F)N1CCOCC1. The molecular weight excluding hydrogens is 235 g/mol. The van der Waals surface area contributed by atoms with Gasteiger partial charge < -0.3 is 10.1 Å². The summed E-state index contributed by atoms with van der Waals surface area (Å²) < 4.78 is 18.6. The quantitative estimate of drug-likeness (QED) is 0.886. The summed E-state index contributed by atoms with van der Waals surface area (Å²) in [5.41, 5.74) is 0.225. The number of para-hydroxylation sites is 1. The smallest absolute Gasteiger partial charge is 0.241 e. The van der Waals surface area contributed by atoms with Crippen molar-refractivity contribution >= 4 is 11.6 Å². The number of ether oxygens (including phenoxy) is 1. The summed E-state index contributed by atoms with van der Waals surface area (Å²) >= 11 is 0. The van der Waals surface area contributed by atoms with E-state index in [2.05, 4.69) is 5.32 Å². The van der Waals surface area contributed by atoms with E-state index >= 15 is 0 Å². The highest BCUT2D eigenvalue weighted by atomic mass is 19.1. The third kappa shape index (κ3) is 3.05. The van der Waals surface area contributed by atoms with E-state index in [4.69, 9.17) is 4.74 Å². The summed E-state index contributed by atoms with van der Waals surface area (Å²) in [4.78, 5) is 14.0. The zero-order chi connectivity index (χ0) is 13.0. The minimum atomic E-state index is -0.417. The summed E-state index contributed by atoms with van der Waals surface area (Å²) in [7, 11) is 0. The second-order valence-corrected chi connectivity index (χ2v) is 4.29. The van der Waals surface area contributed by atoms with Crippen molar-refractivity contribution in [2.24, 2.45) is 0 Å². The number of hydrogen-bond donors (Lipinski definition) is 1. The number of anilines is 1. The zero-order valence-corrected chi connectivity index (χ0v) is 10.4. The molecule has 1 aromatic carbocycles.